The van der Waals surface area contributed by atoms with Gasteiger partial charge in [0.1, 0.15) is 18.7 Å². The van der Waals surface area contributed by atoms with Crippen LogP contribution in [0.15, 0.2) is 0 Å². The number of carbonyl (C=O) groups excluding carboxylic acids is 4. The van der Waals surface area contributed by atoms with Gasteiger partial charge in [-0.05, 0) is 20.8 Å². The number of ether oxygens (including phenoxy) is 3. The number of rotatable bonds is 7. The Morgan fingerprint density at radius 1 is 0.957 bits per heavy atom. The molecule has 0 atom stereocenters. The molecule has 0 aliphatic rings. The minimum absolute atomic E-state index is 0.00654. The van der Waals surface area contributed by atoms with Gasteiger partial charge in [0.2, 0.25) is 5.91 Å². The summed E-state index contributed by atoms with van der Waals surface area (Å²) in [7, 11) is 2.35. The van der Waals surface area contributed by atoms with Crippen LogP contribution in [0.4, 0.5) is 4.79 Å². The van der Waals surface area contributed by atoms with Crippen LogP contribution in [0.1, 0.15) is 27.2 Å². The Hall–Kier alpha value is -2.32. The van der Waals surface area contributed by atoms with Crippen LogP contribution in [0.2, 0.25) is 0 Å². The Balaban J connectivity index is 4.45. The average molecular weight is 332 g/mol. The quantitative estimate of drug-likeness (QED) is 0.519. The molecule has 0 rings (SSSR count). The summed E-state index contributed by atoms with van der Waals surface area (Å²) in [6.45, 7) is 4.39. The van der Waals surface area contributed by atoms with E-state index in [1.165, 1.54) is 14.2 Å². The molecule has 0 saturated heterocycles. The molecule has 9 heteroatoms. The minimum Gasteiger partial charge on any atom is -0.468 e. The lowest BCUT2D eigenvalue weighted by molar-refractivity contribution is -0.152. The highest BCUT2D eigenvalue weighted by molar-refractivity contribution is 5.86. The third kappa shape index (κ3) is 10.1. The fourth-order valence-electron chi connectivity index (χ4n) is 1.42. The Kier molecular flexibility index (Phi) is 8.67. The molecule has 0 heterocycles. The number of methoxy groups -OCH3 is 2. The van der Waals surface area contributed by atoms with Crippen LogP contribution in [0.25, 0.3) is 0 Å². The smallest absolute Gasteiger partial charge is 0.407 e. The average Bonchev–Trinajstić information content (AvgIpc) is 2.43. The molecule has 0 aromatic carbocycles. The van der Waals surface area contributed by atoms with Crippen molar-refractivity contribution in [3.05, 3.63) is 0 Å². The minimum atomic E-state index is -0.664. The van der Waals surface area contributed by atoms with Crippen LogP contribution in [-0.2, 0) is 28.6 Å². The Labute approximate surface area is 135 Å². The molecular weight excluding hydrogens is 308 g/mol. The van der Waals surface area contributed by atoms with Crippen molar-refractivity contribution in [3.63, 3.8) is 0 Å². The normalized spacial score (nSPS) is 10.5. The van der Waals surface area contributed by atoms with Crippen molar-refractivity contribution in [1.29, 1.82) is 0 Å². The van der Waals surface area contributed by atoms with Gasteiger partial charge < -0.3 is 24.4 Å². The molecule has 0 aliphatic heterocycles. The van der Waals surface area contributed by atoms with Gasteiger partial charge >= 0.3 is 18.0 Å². The first-order valence-electron chi connectivity index (χ1n) is 6.97. The second-order valence-electron chi connectivity index (χ2n) is 5.58. The molecule has 0 bridgehead atoms. The second kappa shape index (κ2) is 9.65. The SMILES string of the molecule is COC(=O)CN(CC(=O)OC)C(=O)CCNC(=O)OC(C)(C)C. The van der Waals surface area contributed by atoms with Crippen molar-refractivity contribution in [2.24, 2.45) is 0 Å². The molecule has 0 spiro atoms. The molecule has 9 nitrogen and oxygen atoms in total. The standard InChI is InChI=1S/C14H24N2O7/c1-14(2,3)23-13(20)15-7-6-10(17)16(8-11(18)21-4)9-12(19)22-5/h6-9H2,1-5H3,(H,15,20). The molecular formula is C14H24N2O7. The summed E-state index contributed by atoms with van der Waals surface area (Å²) in [5, 5.41) is 2.42. The van der Waals surface area contributed by atoms with Crippen LogP contribution < -0.4 is 5.32 Å². The van der Waals surface area contributed by atoms with E-state index in [4.69, 9.17) is 4.74 Å². The lowest BCUT2D eigenvalue weighted by Crippen LogP contribution is -2.42. The topological polar surface area (TPSA) is 111 Å². The van der Waals surface area contributed by atoms with E-state index >= 15 is 0 Å². The first-order valence-corrected chi connectivity index (χ1v) is 6.97. The predicted molar refractivity (Wildman–Crippen MR) is 79.5 cm³/mol. The summed E-state index contributed by atoms with van der Waals surface area (Å²) >= 11 is 0. The zero-order valence-electron chi connectivity index (χ0n) is 14.1. The fourth-order valence-corrected chi connectivity index (χ4v) is 1.42. The highest BCUT2D eigenvalue weighted by atomic mass is 16.6. The van der Waals surface area contributed by atoms with Gasteiger partial charge in [-0.25, -0.2) is 4.79 Å². The zero-order chi connectivity index (χ0) is 18.0. The van der Waals surface area contributed by atoms with Crippen molar-refractivity contribution in [3.8, 4) is 0 Å². The molecule has 23 heavy (non-hydrogen) atoms. The maximum absolute atomic E-state index is 12.0. The number of nitrogens with one attached hydrogen (secondary N) is 1. The summed E-state index contributed by atoms with van der Waals surface area (Å²) in [5.74, 6) is -1.83. The largest absolute Gasteiger partial charge is 0.468 e. The van der Waals surface area contributed by atoms with Crippen LogP contribution in [0, 0.1) is 0 Å². The number of hydrogen-bond donors (Lipinski definition) is 1. The van der Waals surface area contributed by atoms with Crippen molar-refractivity contribution in [2.75, 3.05) is 33.9 Å². The Morgan fingerprint density at radius 2 is 1.43 bits per heavy atom. The van der Waals surface area contributed by atoms with E-state index in [1.54, 1.807) is 20.8 Å². The van der Waals surface area contributed by atoms with Gasteiger partial charge in [0.25, 0.3) is 0 Å². The lowest BCUT2D eigenvalue weighted by atomic mass is 10.2. The first kappa shape index (κ1) is 20.7. The van der Waals surface area contributed by atoms with Crippen LogP contribution in [-0.4, -0.2) is 68.3 Å². The van der Waals surface area contributed by atoms with Crippen molar-refractivity contribution < 1.29 is 33.4 Å². The molecule has 0 unspecified atom stereocenters. The fraction of sp³-hybridized carbons (Fsp3) is 0.714. The molecule has 0 aromatic heterocycles. The number of nitrogens with zero attached hydrogens (tertiary/aromatic N) is 1. The maximum atomic E-state index is 12.0. The summed E-state index contributed by atoms with van der Waals surface area (Å²) < 4.78 is 14.0. The van der Waals surface area contributed by atoms with E-state index in [0.29, 0.717) is 0 Å². The van der Waals surface area contributed by atoms with E-state index in [0.717, 1.165) is 4.90 Å². The third-order valence-corrected chi connectivity index (χ3v) is 2.46. The second-order valence-corrected chi connectivity index (χ2v) is 5.58. The van der Waals surface area contributed by atoms with Gasteiger partial charge in [-0.15, -0.1) is 0 Å². The van der Waals surface area contributed by atoms with Gasteiger partial charge in [0, 0.05) is 13.0 Å². The molecule has 0 fully saturated rings. The van der Waals surface area contributed by atoms with Gasteiger partial charge in [0.05, 0.1) is 14.2 Å². The summed E-state index contributed by atoms with van der Waals surface area (Å²) in [6, 6.07) is 0. The number of carbonyl (C=O) groups is 4. The van der Waals surface area contributed by atoms with Gasteiger partial charge in [-0.2, -0.15) is 0 Å². The summed E-state index contributed by atoms with van der Waals surface area (Å²) in [5.41, 5.74) is -0.643. The highest BCUT2D eigenvalue weighted by Crippen LogP contribution is 2.06. The van der Waals surface area contributed by atoms with Crippen molar-refractivity contribution >= 4 is 23.9 Å². The summed E-state index contributed by atoms with van der Waals surface area (Å²) in [6.07, 6.45) is -0.759. The van der Waals surface area contributed by atoms with E-state index in [9.17, 15) is 19.2 Å². The Bertz CT molecular complexity index is 425. The van der Waals surface area contributed by atoms with Crippen molar-refractivity contribution in [2.45, 2.75) is 32.8 Å². The predicted octanol–water partition coefficient (Wildman–Crippen LogP) is 0.0758. The highest BCUT2D eigenvalue weighted by Gasteiger charge is 2.21. The molecule has 0 aliphatic carbocycles. The van der Waals surface area contributed by atoms with E-state index in [-0.39, 0.29) is 26.1 Å². The zero-order valence-corrected chi connectivity index (χ0v) is 14.1. The molecule has 132 valence electrons. The molecule has 0 aromatic rings. The number of hydrogen-bond acceptors (Lipinski definition) is 7. The maximum Gasteiger partial charge on any atom is 0.407 e. The Morgan fingerprint density at radius 3 is 1.83 bits per heavy atom. The van der Waals surface area contributed by atoms with Gasteiger partial charge in [-0.1, -0.05) is 0 Å². The van der Waals surface area contributed by atoms with Gasteiger partial charge in [-0.3, -0.25) is 14.4 Å². The molecule has 0 saturated carbocycles. The number of amides is 2. The van der Waals surface area contributed by atoms with E-state index in [1.807, 2.05) is 0 Å². The van der Waals surface area contributed by atoms with Crippen LogP contribution in [0.3, 0.4) is 0 Å². The molecule has 0 radical (unpaired) electrons. The lowest BCUT2D eigenvalue weighted by Gasteiger charge is -2.21. The van der Waals surface area contributed by atoms with Crippen LogP contribution >= 0.6 is 0 Å². The third-order valence-electron chi connectivity index (χ3n) is 2.46. The monoisotopic (exact) mass is 332 g/mol. The van der Waals surface area contributed by atoms with Crippen LogP contribution in [0.5, 0.6) is 0 Å². The van der Waals surface area contributed by atoms with Gasteiger partial charge in [0.15, 0.2) is 0 Å². The molecule has 1 N–H and O–H groups in total. The molecule has 2 amide bonds. The van der Waals surface area contributed by atoms with Crippen molar-refractivity contribution in [1.82, 2.24) is 10.2 Å². The van der Waals surface area contributed by atoms with E-state index in [2.05, 4.69) is 14.8 Å². The first-order chi connectivity index (χ1) is 10.6. The van der Waals surface area contributed by atoms with E-state index < -0.39 is 29.5 Å². The number of alkyl carbamates (subject to hydrolysis) is 1. The summed E-state index contributed by atoms with van der Waals surface area (Å²) in [4.78, 5) is 47.0. The number of esters is 2.